The molecule has 2 aliphatic rings. The van der Waals surface area contributed by atoms with E-state index in [1.54, 1.807) is 7.11 Å². The van der Waals surface area contributed by atoms with Crippen molar-refractivity contribution in [2.45, 2.75) is 50.6 Å². The lowest BCUT2D eigenvalue weighted by Gasteiger charge is -2.39. The van der Waals surface area contributed by atoms with Crippen LogP contribution in [0.4, 0.5) is 0 Å². The molecule has 1 saturated heterocycles. The summed E-state index contributed by atoms with van der Waals surface area (Å²) < 4.78 is 11.2. The Kier molecular flexibility index (Phi) is 3.34. The standard InChI is InChI=1S/C17H22N2O2/c1-20-12-7-9-14-16(10-12)21-17(19-14)15-8-6-11-4-2-3-5-13(11)18-15/h7,9-11,13,15,18H,2-6,8H2,1H3. The van der Waals surface area contributed by atoms with E-state index in [0.717, 1.165) is 35.1 Å². The Morgan fingerprint density at radius 2 is 2.10 bits per heavy atom. The highest BCUT2D eigenvalue weighted by Gasteiger charge is 2.34. The Morgan fingerprint density at radius 1 is 1.19 bits per heavy atom. The second-order valence-corrected chi connectivity index (χ2v) is 6.33. The highest BCUT2D eigenvalue weighted by molar-refractivity contribution is 5.74. The van der Waals surface area contributed by atoms with Crippen LogP contribution in [0.3, 0.4) is 0 Å². The number of benzene rings is 1. The minimum atomic E-state index is 0.266. The Balaban J connectivity index is 1.58. The molecule has 4 rings (SSSR count). The molecule has 0 radical (unpaired) electrons. The van der Waals surface area contributed by atoms with Crippen LogP contribution in [0.5, 0.6) is 5.75 Å². The number of rotatable bonds is 2. The molecule has 2 heterocycles. The third-order valence-corrected chi connectivity index (χ3v) is 5.06. The van der Waals surface area contributed by atoms with E-state index in [-0.39, 0.29) is 6.04 Å². The quantitative estimate of drug-likeness (QED) is 0.911. The highest BCUT2D eigenvalue weighted by atomic mass is 16.5. The smallest absolute Gasteiger partial charge is 0.212 e. The van der Waals surface area contributed by atoms with Gasteiger partial charge in [0.25, 0.3) is 0 Å². The van der Waals surface area contributed by atoms with Crippen LogP contribution in [-0.4, -0.2) is 18.1 Å². The first-order valence-electron chi connectivity index (χ1n) is 8.04. The zero-order chi connectivity index (χ0) is 14.2. The fourth-order valence-electron chi connectivity index (χ4n) is 3.89. The minimum Gasteiger partial charge on any atom is -0.497 e. The Hall–Kier alpha value is -1.55. The van der Waals surface area contributed by atoms with Crippen molar-refractivity contribution in [2.24, 2.45) is 5.92 Å². The number of aromatic nitrogens is 1. The van der Waals surface area contributed by atoms with E-state index in [1.807, 2.05) is 18.2 Å². The van der Waals surface area contributed by atoms with Crippen LogP contribution in [0.1, 0.15) is 50.5 Å². The van der Waals surface area contributed by atoms with Crippen molar-refractivity contribution in [1.82, 2.24) is 10.3 Å². The fraction of sp³-hybridized carbons (Fsp3) is 0.588. The van der Waals surface area contributed by atoms with Crippen LogP contribution in [-0.2, 0) is 0 Å². The first-order valence-corrected chi connectivity index (χ1v) is 8.04. The van der Waals surface area contributed by atoms with E-state index in [0.29, 0.717) is 6.04 Å². The number of piperidine rings is 1. The molecule has 112 valence electrons. The third-order valence-electron chi connectivity index (χ3n) is 5.06. The van der Waals surface area contributed by atoms with Gasteiger partial charge in [0.15, 0.2) is 5.58 Å². The molecule has 1 N–H and O–H groups in total. The predicted molar refractivity (Wildman–Crippen MR) is 81.4 cm³/mol. The number of nitrogens with one attached hydrogen (secondary N) is 1. The van der Waals surface area contributed by atoms with Crippen molar-refractivity contribution in [1.29, 1.82) is 0 Å². The molecule has 1 aliphatic heterocycles. The number of nitrogens with zero attached hydrogens (tertiary/aromatic N) is 1. The van der Waals surface area contributed by atoms with Crippen molar-refractivity contribution in [3.63, 3.8) is 0 Å². The fourth-order valence-corrected chi connectivity index (χ4v) is 3.89. The van der Waals surface area contributed by atoms with Gasteiger partial charge in [0.1, 0.15) is 11.3 Å². The van der Waals surface area contributed by atoms with Gasteiger partial charge in [0, 0.05) is 12.1 Å². The van der Waals surface area contributed by atoms with Crippen molar-refractivity contribution in [2.75, 3.05) is 7.11 Å². The predicted octanol–water partition coefficient (Wildman–Crippen LogP) is 3.82. The summed E-state index contributed by atoms with van der Waals surface area (Å²) in [6.45, 7) is 0. The Morgan fingerprint density at radius 3 is 3.00 bits per heavy atom. The van der Waals surface area contributed by atoms with Crippen LogP contribution >= 0.6 is 0 Å². The summed E-state index contributed by atoms with van der Waals surface area (Å²) in [7, 11) is 1.67. The number of hydrogen-bond acceptors (Lipinski definition) is 4. The monoisotopic (exact) mass is 286 g/mol. The summed E-state index contributed by atoms with van der Waals surface area (Å²) in [5, 5.41) is 3.77. The Labute approximate surface area is 124 Å². The average Bonchev–Trinajstić information content (AvgIpc) is 2.97. The maximum Gasteiger partial charge on any atom is 0.212 e. The zero-order valence-electron chi connectivity index (χ0n) is 12.5. The summed E-state index contributed by atoms with van der Waals surface area (Å²) in [5.74, 6) is 2.51. The van der Waals surface area contributed by atoms with Gasteiger partial charge in [-0.25, -0.2) is 4.98 Å². The maximum absolute atomic E-state index is 5.98. The molecule has 0 amide bonds. The molecule has 0 spiro atoms. The SMILES string of the molecule is COc1ccc2nc(C3CCC4CCCCC4N3)oc2c1. The van der Waals surface area contributed by atoms with Gasteiger partial charge in [0.2, 0.25) is 5.89 Å². The maximum atomic E-state index is 5.98. The number of fused-ring (bicyclic) bond motifs is 2. The van der Waals surface area contributed by atoms with Crippen LogP contribution < -0.4 is 10.1 Å². The lowest BCUT2D eigenvalue weighted by Crippen LogP contribution is -2.44. The van der Waals surface area contributed by atoms with E-state index in [1.165, 1.54) is 32.1 Å². The highest BCUT2D eigenvalue weighted by Crippen LogP contribution is 2.37. The van der Waals surface area contributed by atoms with Crippen LogP contribution in [0.15, 0.2) is 22.6 Å². The molecule has 1 saturated carbocycles. The van der Waals surface area contributed by atoms with Gasteiger partial charge in [-0.15, -0.1) is 0 Å². The average molecular weight is 286 g/mol. The summed E-state index contributed by atoms with van der Waals surface area (Å²) in [5.41, 5.74) is 1.73. The van der Waals surface area contributed by atoms with Crippen molar-refractivity contribution in [3.05, 3.63) is 24.1 Å². The van der Waals surface area contributed by atoms with E-state index < -0.39 is 0 Å². The molecule has 3 unspecified atom stereocenters. The summed E-state index contributed by atoms with van der Waals surface area (Å²) >= 11 is 0. The van der Waals surface area contributed by atoms with E-state index in [9.17, 15) is 0 Å². The first-order chi connectivity index (χ1) is 10.3. The molecule has 1 aromatic carbocycles. The van der Waals surface area contributed by atoms with E-state index in [4.69, 9.17) is 9.15 Å². The van der Waals surface area contributed by atoms with E-state index >= 15 is 0 Å². The number of oxazole rings is 1. The zero-order valence-corrected chi connectivity index (χ0v) is 12.5. The molecule has 1 aliphatic carbocycles. The molecule has 4 nitrogen and oxygen atoms in total. The van der Waals surface area contributed by atoms with Gasteiger partial charge in [-0.2, -0.15) is 0 Å². The summed E-state index contributed by atoms with van der Waals surface area (Å²) in [6, 6.07) is 6.73. The van der Waals surface area contributed by atoms with Gasteiger partial charge in [0.05, 0.1) is 13.2 Å². The van der Waals surface area contributed by atoms with Gasteiger partial charge in [-0.05, 0) is 43.7 Å². The second kappa shape index (κ2) is 5.34. The molecule has 1 aromatic heterocycles. The van der Waals surface area contributed by atoms with Gasteiger partial charge in [-0.1, -0.05) is 12.8 Å². The molecule has 0 bridgehead atoms. The molecular weight excluding hydrogens is 264 g/mol. The topological polar surface area (TPSA) is 47.3 Å². The molecular formula is C17H22N2O2. The second-order valence-electron chi connectivity index (χ2n) is 6.33. The molecule has 2 aromatic rings. The van der Waals surface area contributed by atoms with Crippen molar-refractivity contribution < 1.29 is 9.15 Å². The minimum absolute atomic E-state index is 0.266. The lowest BCUT2D eigenvalue weighted by molar-refractivity contribution is 0.164. The van der Waals surface area contributed by atoms with Crippen molar-refractivity contribution >= 4 is 11.1 Å². The van der Waals surface area contributed by atoms with Crippen LogP contribution in [0, 0.1) is 5.92 Å². The van der Waals surface area contributed by atoms with Gasteiger partial charge in [-0.3, -0.25) is 0 Å². The van der Waals surface area contributed by atoms with Crippen molar-refractivity contribution in [3.8, 4) is 5.75 Å². The molecule has 21 heavy (non-hydrogen) atoms. The molecule has 2 fully saturated rings. The summed E-state index contributed by atoms with van der Waals surface area (Å²) in [6.07, 6.45) is 7.86. The largest absolute Gasteiger partial charge is 0.497 e. The number of methoxy groups -OCH3 is 1. The number of hydrogen-bond donors (Lipinski definition) is 1. The van der Waals surface area contributed by atoms with Gasteiger partial charge >= 0.3 is 0 Å². The molecule has 3 atom stereocenters. The molecule has 4 heteroatoms. The van der Waals surface area contributed by atoms with Crippen LogP contribution in [0.2, 0.25) is 0 Å². The third kappa shape index (κ3) is 2.42. The van der Waals surface area contributed by atoms with E-state index in [2.05, 4.69) is 10.3 Å². The normalized spacial score (nSPS) is 29.3. The number of ether oxygens (including phenoxy) is 1. The summed E-state index contributed by atoms with van der Waals surface area (Å²) in [4.78, 5) is 4.66. The lowest BCUT2D eigenvalue weighted by atomic mass is 9.78. The first kappa shape index (κ1) is 13.1. The van der Waals surface area contributed by atoms with Crippen LogP contribution in [0.25, 0.3) is 11.1 Å². The Bertz CT molecular complexity index is 637. The van der Waals surface area contributed by atoms with Gasteiger partial charge < -0.3 is 14.5 Å².